The third-order valence-corrected chi connectivity index (χ3v) is 4.97. The third-order valence-electron chi connectivity index (χ3n) is 4.77. The largest absolute Gasteiger partial charge is 0.309 e. The number of nitrogens with one attached hydrogen (secondary N) is 1. The predicted octanol–water partition coefficient (Wildman–Crippen LogP) is 3.43. The highest BCUT2D eigenvalue weighted by atomic mass is 35.5. The fourth-order valence-electron chi connectivity index (χ4n) is 3.04. The van der Waals surface area contributed by atoms with Gasteiger partial charge in [-0.25, -0.2) is 4.98 Å². The van der Waals surface area contributed by atoms with Crippen molar-refractivity contribution in [1.82, 2.24) is 24.2 Å². The van der Waals surface area contributed by atoms with Gasteiger partial charge in [0.05, 0.1) is 22.3 Å². The quantitative estimate of drug-likeness (QED) is 0.642. The number of fused-ring (bicyclic) bond motifs is 1. The lowest BCUT2D eigenvalue weighted by Gasteiger charge is -2.20. The van der Waals surface area contributed by atoms with Crippen molar-refractivity contribution in [3.05, 3.63) is 41.7 Å². The lowest BCUT2D eigenvalue weighted by molar-refractivity contribution is -0.119. The molecular formula is C19H25ClN6O. The Hall–Kier alpha value is -2.38. The van der Waals surface area contributed by atoms with E-state index in [1.54, 1.807) is 17.8 Å². The number of para-hydroxylation sites is 2. The number of nitrogens with zero attached hydrogens (tertiary/aromatic N) is 5. The van der Waals surface area contributed by atoms with Gasteiger partial charge < -0.3 is 9.47 Å². The van der Waals surface area contributed by atoms with Crippen molar-refractivity contribution >= 4 is 34.5 Å². The predicted molar refractivity (Wildman–Crippen MR) is 108 cm³/mol. The molecule has 0 radical (unpaired) electrons. The second-order valence-electron chi connectivity index (χ2n) is 6.41. The first-order valence-electron chi connectivity index (χ1n) is 9.21. The molecule has 0 aliphatic rings. The molecule has 0 spiro atoms. The molecule has 0 aliphatic heterocycles. The summed E-state index contributed by atoms with van der Waals surface area (Å²) in [6.07, 6.45) is 3.15. The fraction of sp³-hybridized carbons (Fsp3) is 0.421. The van der Waals surface area contributed by atoms with E-state index < -0.39 is 6.04 Å². The van der Waals surface area contributed by atoms with Gasteiger partial charge in [0, 0.05) is 19.3 Å². The Labute approximate surface area is 163 Å². The van der Waals surface area contributed by atoms with Crippen LogP contribution in [0.5, 0.6) is 0 Å². The summed E-state index contributed by atoms with van der Waals surface area (Å²) in [6.45, 7) is 9.69. The number of anilines is 1. The summed E-state index contributed by atoms with van der Waals surface area (Å²) in [4.78, 5) is 19.7. The smallest absolute Gasteiger partial charge is 0.251 e. The standard InChI is InChI=1S/C19H25ClN6O/c1-4-24(5-2)10-11-25-17-9-7-6-8-16(17)22-19(25)23-18(27)14(3)26-13-15(20)12-21-26/h6-9,12-14H,4-5,10-11H2,1-3H3,(H,22,23,27). The summed E-state index contributed by atoms with van der Waals surface area (Å²) in [6, 6.07) is 7.42. The maximum atomic E-state index is 12.7. The zero-order valence-electron chi connectivity index (χ0n) is 15.9. The summed E-state index contributed by atoms with van der Waals surface area (Å²) in [5.41, 5.74) is 1.87. The van der Waals surface area contributed by atoms with E-state index in [0.717, 1.165) is 37.2 Å². The molecular weight excluding hydrogens is 364 g/mol. The Balaban J connectivity index is 1.84. The number of hydrogen-bond donors (Lipinski definition) is 1. The second-order valence-corrected chi connectivity index (χ2v) is 6.84. The molecule has 1 unspecified atom stereocenters. The Morgan fingerprint density at radius 1 is 1.30 bits per heavy atom. The molecule has 27 heavy (non-hydrogen) atoms. The minimum absolute atomic E-state index is 0.186. The number of aromatic nitrogens is 4. The maximum absolute atomic E-state index is 12.7. The van der Waals surface area contributed by atoms with Gasteiger partial charge in [-0.2, -0.15) is 5.10 Å². The number of benzene rings is 1. The molecule has 3 rings (SSSR count). The van der Waals surface area contributed by atoms with Gasteiger partial charge in [0.25, 0.3) is 5.91 Å². The molecule has 8 heteroatoms. The van der Waals surface area contributed by atoms with Gasteiger partial charge in [-0.1, -0.05) is 37.6 Å². The van der Waals surface area contributed by atoms with Crippen LogP contribution in [0.4, 0.5) is 5.95 Å². The van der Waals surface area contributed by atoms with Crippen LogP contribution >= 0.6 is 11.6 Å². The molecule has 1 N–H and O–H groups in total. The van der Waals surface area contributed by atoms with E-state index in [0.29, 0.717) is 11.0 Å². The van der Waals surface area contributed by atoms with Crippen LogP contribution in [-0.4, -0.2) is 49.8 Å². The van der Waals surface area contributed by atoms with Crippen molar-refractivity contribution < 1.29 is 4.79 Å². The molecule has 144 valence electrons. The van der Waals surface area contributed by atoms with Gasteiger partial charge in [-0.05, 0) is 32.1 Å². The van der Waals surface area contributed by atoms with Crippen molar-refractivity contribution in [3.8, 4) is 0 Å². The lowest BCUT2D eigenvalue weighted by Crippen LogP contribution is -2.29. The zero-order chi connectivity index (χ0) is 19.4. The van der Waals surface area contributed by atoms with Crippen LogP contribution < -0.4 is 5.32 Å². The van der Waals surface area contributed by atoms with Crippen molar-refractivity contribution in [2.75, 3.05) is 25.0 Å². The molecule has 0 fully saturated rings. The third kappa shape index (κ3) is 4.31. The number of likely N-dealkylation sites (N-methyl/N-ethyl adjacent to an activating group) is 1. The molecule has 0 bridgehead atoms. The highest BCUT2D eigenvalue weighted by molar-refractivity contribution is 6.30. The minimum atomic E-state index is -0.492. The molecule has 1 amide bonds. The lowest BCUT2D eigenvalue weighted by atomic mass is 10.3. The first-order chi connectivity index (χ1) is 13.0. The van der Waals surface area contributed by atoms with E-state index >= 15 is 0 Å². The van der Waals surface area contributed by atoms with Gasteiger partial charge in [0.2, 0.25) is 5.95 Å². The second kappa shape index (κ2) is 8.54. The van der Waals surface area contributed by atoms with Gasteiger partial charge >= 0.3 is 0 Å². The number of carbonyl (C=O) groups is 1. The average molecular weight is 389 g/mol. The Morgan fingerprint density at radius 2 is 2.04 bits per heavy atom. The minimum Gasteiger partial charge on any atom is -0.309 e. The first kappa shape index (κ1) is 19.4. The van der Waals surface area contributed by atoms with Crippen molar-refractivity contribution in [2.24, 2.45) is 0 Å². The SMILES string of the molecule is CCN(CC)CCn1c(NC(=O)C(C)n2cc(Cl)cn2)nc2ccccc21. The van der Waals surface area contributed by atoms with Crippen LogP contribution in [0.1, 0.15) is 26.8 Å². The topological polar surface area (TPSA) is 68.0 Å². The van der Waals surface area contributed by atoms with E-state index in [-0.39, 0.29) is 5.91 Å². The normalized spacial score (nSPS) is 12.6. The summed E-state index contributed by atoms with van der Waals surface area (Å²) < 4.78 is 3.61. The van der Waals surface area contributed by atoms with Crippen LogP contribution in [0, 0.1) is 0 Å². The molecule has 2 heterocycles. The average Bonchev–Trinajstić information content (AvgIpc) is 3.25. The Kier molecular flexibility index (Phi) is 6.13. The van der Waals surface area contributed by atoms with E-state index in [2.05, 4.69) is 38.7 Å². The zero-order valence-corrected chi connectivity index (χ0v) is 16.6. The van der Waals surface area contributed by atoms with Crippen LogP contribution in [0.25, 0.3) is 11.0 Å². The highest BCUT2D eigenvalue weighted by Gasteiger charge is 2.20. The fourth-order valence-corrected chi connectivity index (χ4v) is 3.18. The molecule has 7 nitrogen and oxygen atoms in total. The summed E-state index contributed by atoms with van der Waals surface area (Å²) in [5.74, 6) is 0.368. The number of rotatable bonds is 8. The van der Waals surface area contributed by atoms with E-state index in [9.17, 15) is 4.79 Å². The van der Waals surface area contributed by atoms with Crippen LogP contribution in [0.3, 0.4) is 0 Å². The van der Waals surface area contributed by atoms with Gasteiger partial charge in [-0.15, -0.1) is 0 Å². The number of carbonyl (C=O) groups excluding carboxylic acids is 1. The van der Waals surface area contributed by atoms with Crippen LogP contribution in [0.2, 0.25) is 5.02 Å². The summed E-state index contributed by atoms with van der Waals surface area (Å²) >= 11 is 5.91. The van der Waals surface area contributed by atoms with Gasteiger partial charge in [0.15, 0.2) is 0 Å². The Bertz CT molecular complexity index is 914. The number of halogens is 1. The molecule has 1 aromatic carbocycles. The van der Waals surface area contributed by atoms with Crippen LogP contribution in [-0.2, 0) is 11.3 Å². The van der Waals surface area contributed by atoms with E-state index in [1.807, 2.05) is 24.3 Å². The number of imidazole rings is 1. The van der Waals surface area contributed by atoms with Crippen molar-refractivity contribution in [3.63, 3.8) is 0 Å². The molecule has 1 atom stereocenters. The molecule has 3 aromatic rings. The number of hydrogen-bond acceptors (Lipinski definition) is 4. The molecule has 0 aliphatic carbocycles. The van der Waals surface area contributed by atoms with Gasteiger partial charge in [0.1, 0.15) is 6.04 Å². The van der Waals surface area contributed by atoms with E-state index in [1.165, 1.54) is 6.20 Å². The number of amides is 1. The van der Waals surface area contributed by atoms with Gasteiger partial charge in [-0.3, -0.25) is 14.8 Å². The molecule has 2 aromatic heterocycles. The monoisotopic (exact) mass is 388 g/mol. The molecule has 0 saturated heterocycles. The highest BCUT2D eigenvalue weighted by Crippen LogP contribution is 2.21. The van der Waals surface area contributed by atoms with Crippen molar-refractivity contribution in [2.45, 2.75) is 33.4 Å². The summed E-state index contributed by atoms with van der Waals surface area (Å²) in [7, 11) is 0. The van der Waals surface area contributed by atoms with Crippen molar-refractivity contribution in [1.29, 1.82) is 0 Å². The Morgan fingerprint density at radius 3 is 2.70 bits per heavy atom. The molecule has 0 saturated carbocycles. The van der Waals surface area contributed by atoms with E-state index in [4.69, 9.17) is 11.6 Å². The maximum Gasteiger partial charge on any atom is 0.251 e. The summed E-state index contributed by atoms with van der Waals surface area (Å²) in [5, 5.41) is 7.57. The van der Waals surface area contributed by atoms with Crippen LogP contribution in [0.15, 0.2) is 36.7 Å². The first-order valence-corrected chi connectivity index (χ1v) is 9.59.